The van der Waals surface area contributed by atoms with Gasteiger partial charge in [0.2, 0.25) is 0 Å². The summed E-state index contributed by atoms with van der Waals surface area (Å²) in [6.45, 7) is 3.32. The molecule has 130 valence electrons. The van der Waals surface area contributed by atoms with E-state index in [1.165, 1.54) is 43.2 Å². The van der Waals surface area contributed by atoms with Crippen LogP contribution in [0.2, 0.25) is 0 Å². The lowest BCUT2D eigenvalue weighted by molar-refractivity contribution is 0.297. The van der Waals surface area contributed by atoms with Gasteiger partial charge in [0.1, 0.15) is 0 Å². The van der Waals surface area contributed by atoms with Crippen LogP contribution in [0.4, 0.5) is 0 Å². The second-order valence-electron chi connectivity index (χ2n) is 7.07. The van der Waals surface area contributed by atoms with Crippen molar-refractivity contribution in [1.29, 1.82) is 0 Å². The molecule has 1 fully saturated rings. The lowest BCUT2D eigenvalue weighted by atomic mass is 9.95. The van der Waals surface area contributed by atoms with Gasteiger partial charge in [0.25, 0.3) is 0 Å². The number of ether oxygens (including phenoxy) is 2. The molecular weight excluding hydrogens is 320 g/mol. The second kappa shape index (κ2) is 7.18. The Labute approximate surface area is 149 Å². The highest BCUT2D eigenvalue weighted by molar-refractivity contribution is 7.80. The van der Waals surface area contributed by atoms with Crippen LogP contribution in [-0.4, -0.2) is 35.8 Å². The fourth-order valence-electron chi connectivity index (χ4n) is 3.90. The van der Waals surface area contributed by atoms with Crippen LogP contribution >= 0.6 is 12.2 Å². The standard InChI is InChI=1S/C19H26N2O2S/c24-19(20-16-5-2-1-3-6-16)21-8-7-14-11-17-18(12-15(14)13-21)23-10-4-9-22-17/h11-12,16H,1-10,13H2,(H,20,24). The average molecular weight is 346 g/mol. The van der Waals surface area contributed by atoms with Crippen LogP contribution in [0, 0.1) is 0 Å². The highest BCUT2D eigenvalue weighted by Crippen LogP contribution is 2.35. The molecule has 0 radical (unpaired) electrons. The minimum Gasteiger partial charge on any atom is -0.490 e. The maximum atomic E-state index is 5.84. The number of nitrogens with zero attached hydrogens (tertiary/aromatic N) is 1. The fraction of sp³-hybridized carbons (Fsp3) is 0.632. The van der Waals surface area contributed by atoms with Crippen LogP contribution in [-0.2, 0) is 13.0 Å². The Balaban J connectivity index is 1.44. The first-order chi connectivity index (χ1) is 11.8. The summed E-state index contributed by atoms with van der Waals surface area (Å²) in [5.41, 5.74) is 2.69. The first-order valence-corrected chi connectivity index (χ1v) is 9.67. The van der Waals surface area contributed by atoms with E-state index in [9.17, 15) is 0 Å². The molecule has 0 saturated heterocycles. The summed E-state index contributed by atoms with van der Waals surface area (Å²) in [5.74, 6) is 1.79. The molecule has 1 saturated carbocycles. The topological polar surface area (TPSA) is 33.7 Å². The van der Waals surface area contributed by atoms with Gasteiger partial charge < -0.3 is 19.7 Å². The third kappa shape index (κ3) is 3.46. The predicted octanol–water partition coefficient (Wildman–Crippen LogP) is 3.41. The zero-order chi connectivity index (χ0) is 16.4. The van der Waals surface area contributed by atoms with Crippen LogP contribution in [0.15, 0.2) is 12.1 Å². The summed E-state index contributed by atoms with van der Waals surface area (Å²) in [7, 11) is 0. The molecule has 0 amide bonds. The molecule has 1 N–H and O–H groups in total. The number of hydrogen-bond acceptors (Lipinski definition) is 3. The molecule has 4 rings (SSSR count). The molecule has 1 aliphatic carbocycles. The van der Waals surface area contributed by atoms with Gasteiger partial charge >= 0.3 is 0 Å². The highest BCUT2D eigenvalue weighted by Gasteiger charge is 2.23. The van der Waals surface area contributed by atoms with Crippen molar-refractivity contribution in [3.8, 4) is 11.5 Å². The van der Waals surface area contributed by atoms with E-state index in [2.05, 4.69) is 22.3 Å². The highest BCUT2D eigenvalue weighted by atomic mass is 32.1. The summed E-state index contributed by atoms with van der Waals surface area (Å²) in [5, 5.41) is 4.51. The Kier molecular flexibility index (Phi) is 4.79. The van der Waals surface area contributed by atoms with Gasteiger partial charge in [-0.15, -0.1) is 0 Å². The smallest absolute Gasteiger partial charge is 0.169 e. The predicted molar refractivity (Wildman–Crippen MR) is 98.8 cm³/mol. The summed E-state index contributed by atoms with van der Waals surface area (Å²) < 4.78 is 11.7. The molecule has 24 heavy (non-hydrogen) atoms. The van der Waals surface area contributed by atoms with E-state index in [1.54, 1.807) is 0 Å². The zero-order valence-corrected chi connectivity index (χ0v) is 15.0. The lowest BCUT2D eigenvalue weighted by Gasteiger charge is -2.34. The van der Waals surface area contributed by atoms with Crippen molar-refractivity contribution < 1.29 is 9.47 Å². The van der Waals surface area contributed by atoms with Crippen molar-refractivity contribution in [1.82, 2.24) is 10.2 Å². The molecule has 2 heterocycles. The van der Waals surface area contributed by atoms with Crippen molar-refractivity contribution in [3.63, 3.8) is 0 Å². The molecule has 2 aliphatic heterocycles. The Morgan fingerprint density at radius 1 is 1.00 bits per heavy atom. The molecule has 0 unspecified atom stereocenters. The number of fused-ring (bicyclic) bond motifs is 2. The van der Waals surface area contributed by atoms with Gasteiger partial charge in [-0.1, -0.05) is 19.3 Å². The molecular formula is C19H26N2O2S. The Morgan fingerprint density at radius 3 is 2.46 bits per heavy atom. The molecule has 4 nitrogen and oxygen atoms in total. The normalized spacial score (nSPS) is 20.9. The van der Waals surface area contributed by atoms with Gasteiger partial charge in [-0.05, 0) is 54.7 Å². The maximum Gasteiger partial charge on any atom is 0.169 e. The third-order valence-corrected chi connectivity index (χ3v) is 5.68. The van der Waals surface area contributed by atoms with Gasteiger partial charge in [0.15, 0.2) is 16.6 Å². The van der Waals surface area contributed by atoms with E-state index in [4.69, 9.17) is 21.7 Å². The second-order valence-corrected chi connectivity index (χ2v) is 7.46. The Hall–Kier alpha value is -1.49. The monoisotopic (exact) mass is 346 g/mol. The summed E-state index contributed by atoms with van der Waals surface area (Å²) in [6, 6.07) is 4.90. The molecule has 5 heteroatoms. The Morgan fingerprint density at radius 2 is 1.71 bits per heavy atom. The van der Waals surface area contributed by atoms with E-state index in [0.29, 0.717) is 6.04 Å². The first-order valence-electron chi connectivity index (χ1n) is 9.26. The van der Waals surface area contributed by atoms with Crippen LogP contribution in [0.3, 0.4) is 0 Å². The number of benzene rings is 1. The van der Waals surface area contributed by atoms with E-state index < -0.39 is 0 Å². The van der Waals surface area contributed by atoms with Crippen molar-refractivity contribution in [2.24, 2.45) is 0 Å². The largest absolute Gasteiger partial charge is 0.490 e. The molecule has 3 aliphatic rings. The van der Waals surface area contributed by atoms with Gasteiger partial charge in [-0.2, -0.15) is 0 Å². The minimum absolute atomic E-state index is 0.566. The summed E-state index contributed by atoms with van der Waals surface area (Å²) in [4.78, 5) is 2.30. The van der Waals surface area contributed by atoms with Crippen LogP contribution in [0.1, 0.15) is 49.7 Å². The van der Waals surface area contributed by atoms with Crippen LogP contribution in [0.5, 0.6) is 11.5 Å². The molecule has 1 aromatic rings. The quantitative estimate of drug-likeness (QED) is 0.788. The maximum absolute atomic E-state index is 5.84. The molecule has 0 spiro atoms. The van der Waals surface area contributed by atoms with E-state index in [0.717, 1.165) is 55.8 Å². The van der Waals surface area contributed by atoms with Crippen molar-refractivity contribution in [2.75, 3.05) is 19.8 Å². The number of hydrogen-bond donors (Lipinski definition) is 1. The van der Waals surface area contributed by atoms with Crippen molar-refractivity contribution in [3.05, 3.63) is 23.3 Å². The SMILES string of the molecule is S=C(NC1CCCCC1)N1CCc2cc3c(cc2C1)OCCCO3. The molecule has 1 aromatic carbocycles. The molecule has 0 bridgehead atoms. The summed E-state index contributed by atoms with van der Waals surface area (Å²) >= 11 is 5.69. The number of rotatable bonds is 1. The lowest BCUT2D eigenvalue weighted by Crippen LogP contribution is -2.47. The van der Waals surface area contributed by atoms with Gasteiger partial charge in [0, 0.05) is 25.6 Å². The van der Waals surface area contributed by atoms with Crippen molar-refractivity contribution >= 4 is 17.3 Å². The van der Waals surface area contributed by atoms with Gasteiger partial charge in [0.05, 0.1) is 13.2 Å². The minimum atomic E-state index is 0.566. The summed E-state index contributed by atoms with van der Waals surface area (Å²) in [6.07, 6.45) is 8.49. The van der Waals surface area contributed by atoms with E-state index in [-0.39, 0.29) is 0 Å². The number of thiocarbonyl (C=S) groups is 1. The number of nitrogens with one attached hydrogen (secondary N) is 1. The van der Waals surface area contributed by atoms with E-state index in [1.807, 2.05) is 0 Å². The Bertz CT molecular complexity index is 614. The van der Waals surface area contributed by atoms with Crippen LogP contribution < -0.4 is 14.8 Å². The van der Waals surface area contributed by atoms with Gasteiger partial charge in [-0.3, -0.25) is 0 Å². The third-order valence-electron chi connectivity index (χ3n) is 5.30. The van der Waals surface area contributed by atoms with Crippen molar-refractivity contribution in [2.45, 2.75) is 57.5 Å². The zero-order valence-electron chi connectivity index (χ0n) is 14.2. The first kappa shape index (κ1) is 16.0. The van der Waals surface area contributed by atoms with E-state index >= 15 is 0 Å². The fourth-order valence-corrected chi connectivity index (χ4v) is 4.22. The molecule has 0 atom stereocenters. The average Bonchev–Trinajstić information content (AvgIpc) is 2.85. The van der Waals surface area contributed by atoms with Gasteiger partial charge in [-0.25, -0.2) is 0 Å². The molecule has 0 aromatic heterocycles. The van der Waals surface area contributed by atoms with Crippen LogP contribution in [0.25, 0.3) is 0 Å².